The van der Waals surface area contributed by atoms with Gasteiger partial charge in [-0.25, -0.2) is 0 Å². The van der Waals surface area contributed by atoms with Crippen LogP contribution in [0.1, 0.15) is 5.56 Å². The Kier molecular flexibility index (Phi) is 7.23. The number of nitrogens with one attached hydrogen (secondary N) is 1. The van der Waals surface area contributed by atoms with Gasteiger partial charge >= 0.3 is 0 Å². The number of halogens is 1. The fraction of sp³-hybridized carbons (Fsp3) is 0.381. The lowest BCUT2D eigenvalue weighted by molar-refractivity contribution is 0.354. The van der Waals surface area contributed by atoms with Gasteiger partial charge in [-0.3, -0.25) is 0 Å². The Labute approximate surface area is 177 Å². The number of hydrogen-bond acceptors (Lipinski definition) is 4. The molecule has 7 heteroatoms. The minimum atomic E-state index is 0.744. The molecule has 1 heterocycles. The smallest absolute Gasteiger partial charge is 0.169 e. The van der Waals surface area contributed by atoms with Crippen molar-refractivity contribution < 1.29 is 9.47 Å². The van der Waals surface area contributed by atoms with Crippen LogP contribution in [0.4, 0.5) is 5.69 Å². The van der Waals surface area contributed by atoms with Crippen LogP contribution in [0, 0.1) is 0 Å². The molecule has 1 saturated heterocycles. The first-order valence-electron chi connectivity index (χ1n) is 9.35. The van der Waals surface area contributed by atoms with Gasteiger partial charge in [0.1, 0.15) is 0 Å². The molecule has 0 aliphatic carbocycles. The molecule has 0 bridgehead atoms. The van der Waals surface area contributed by atoms with Crippen LogP contribution in [0.3, 0.4) is 0 Å². The van der Waals surface area contributed by atoms with Gasteiger partial charge < -0.3 is 24.6 Å². The Balaban J connectivity index is 1.44. The molecule has 0 radical (unpaired) electrons. The van der Waals surface area contributed by atoms with Gasteiger partial charge in [-0.05, 0) is 60.6 Å². The summed E-state index contributed by atoms with van der Waals surface area (Å²) in [5, 5.41) is 4.96. The molecule has 2 aromatic rings. The molecule has 1 aliphatic rings. The molecule has 0 spiro atoms. The van der Waals surface area contributed by atoms with E-state index in [1.54, 1.807) is 14.2 Å². The van der Waals surface area contributed by atoms with E-state index < -0.39 is 0 Å². The van der Waals surface area contributed by atoms with Crippen molar-refractivity contribution in [1.29, 1.82) is 0 Å². The molecule has 2 aromatic carbocycles. The summed E-state index contributed by atoms with van der Waals surface area (Å²) in [6.45, 7) is 4.49. The zero-order valence-corrected chi connectivity index (χ0v) is 17.9. The highest BCUT2D eigenvalue weighted by atomic mass is 35.5. The van der Waals surface area contributed by atoms with Crippen LogP contribution >= 0.6 is 23.8 Å². The molecule has 0 unspecified atom stereocenters. The van der Waals surface area contributed by atoms with Crippen LogP contribution in [-0.4, -0.2) is 57.0 Å². The maximum Gasteiger partial charge on any atom is 0.169 e. The molecule has 0 amide bonds. The zero-order valence-electron chi connectivity index (χ0n) is 16.3. The fourth-order valence-corrected chi connectivity index (χ4v) is 3.69. The fourth-order valence-electron chi connectivity index (χ4n) is 3.28. The van der Waals surface area contributed by atoms with Crippen molar-refractivity contribution >= 4 is 34.6 Å². The van der Waals surface area contributed by atoms with Gasteiger partial charge in [0.25, 0.3) is 0 Å². The van der Waals surface area contributed by atoms with E-state index >= 15 is 0 Å². The van der Waals surface area contributed by atoms with Crippen LogP contribution in [0.5, 0.6) is 11.5 Å². The van der Waals surface area contributed by atoms with Crippen molar-refractivity contribution in [2.24, 2.45) is 0 Å². The number of piperazine rings is 1. The van der Waals surface area contributed by atoms with Crippen molar-refractivity contribution in [3.05, 3.63) is 53.1 Å². The Morgan fingerprint density at radius 3 is 2.32 bits per heavy atom. The number of anilines is 1. The first kappa shape index (κ1) is 20.6. The van der Waals surface area contributed by atoms with E-state index in [1.165, 1.54) is 11.3 Å². The monoisotopic (exact) mass is 419 g/mol. The number of ether oxygens (including phenoxy) is 2. The maximum absolute atomic E-state index is 5.97. The van der Waals surface area contributed by atoms with E-state index in [9.17, 15) is 0 Å². The number of benzene rings is 2. The van der Waals surface area contributed by atoms with E-state index in [2.05, 4.69) is 33.3 Å². The number of rotatable bonds is 6. The summed E-state index contributed by atoms with van der Waals surface area (Å²) in [6.07, 6.45) is 0.866. The summed E-state index contributed by atoms with van der Waals surface area (Å²) in [5.74, 6) is 1.49. The van der Waals surface area contributed by atoms with Crippen LogP contribution in [-0.2, 0) is 6.42 Å². The first-order chi connectivity index (χ1) is 13.6. The molecular weight excluding hydrogens is 394 g/mol. The molecular formula is C21H26ClN3O2S. The summed E-state index contributed by atoms with van der Waals surface area (Å²) >= 11 is 11.6. The van der Waals surface area contributed by atoms with Gasteiger partial charge in [-0.2, -0.15) is 0 Å². The first-order valence-corrected chi connectivity index (χ1v) is 10.1. The zero-order chi connectivity index (χ0) is 19.9. The lowest BCUT2D eigenvalue weighted by Gasteiger charge is -2.37. The van der Waals surface area contributed by atoms with Crippen molar-refractivity contribution in [3.8, 4) is 11.5 Å². The third kappa shape index (κ3) is 5.20. The third-order valence-corrected chi connectivity index (χ3v) is 5.55. The van der Waals surface area contributed by atoms with Crippen LogP contribution in [0.2, 0.25) is 5.02 Å². The average molecular weight is 420 g/mol. The van der Waals surface area contributed by atoms with Crippen molar-refractivity contribution in [1.82, 2.24) is 10.2 Å². The maximum atomic E-state index is 5.97. The SMILES string of the molecule is COc1ccc(CCNC(=S)N2CCN(c3ccc(Cl)cc3)CC2)cc1OC. The van der Waals surface area contributed by atoms with Crippen molar-refractivity contribution in [2.75, 3.05) is 51.8 Å². The second kappa shape index (κ2) is 9.85. The predicted octanol–water partition coefficient (Wildman–Crippen LogP) is 3.60. The minimum Gasteiger partial charge on any atom is -0.493 e. The van der Waals surface area contributed by atoms with Crippen molar-refractivity contribution in [3.63, 3.8) is 0 Å². The molecule has 0 aromatic heterocycles. The Hall–Kier alpha value is -2.18. The molecule has 1 fully saturated rings. The number of hydrogen-bond donors (Lipinski definition) is 1. The normalized spacial score (nSPS) is 14.0. The number of nitrogens with zero attached hydrogens (tertiary/aromatic N) is 2. The van der Waals surface area contributed by atoms with E-state index in [0.717, 1.165) is 60.8 Å². The summed E-state index contributed by atoms with van der Waals surface area (Å²) in [5.41, 5.74) is 2.39. The molecule has 0 atom stereocenters. The third-order valence-electron chi connectivity index (χ3n) is 4.90. The van der Waals surface area contributed by atoms with Gasteiger partial charge in [-0.1, -0.05) is 17.7 Å². The summed E-state index contributed by atoms with van der Waals surface area (Å²) in [4.78, 5) is 4.59. The largest absolute Gasteiger partial charge is 0.493 e. The molecule has 0 saturated carbocycles. The van der Waals surface area contributed by atoms with E-state index in [-0.39, 0.29) is 0 Å². The second-order valence-electron chi connectivity index (χ2n) is 6.62. The topological polar surface area (TPSA) is 37.0 Å². The average Bonchev–Trinajstić information content (AvgIpc) is 2.74. The quantitative estimate of drug-likeness (QED) is 0.721. The number of thiocarbonyl (C=S) groups is 1. The lowest BCUT2D eigenvalue weighted by atomic mass is 10.1. The van der Waals surface area contributed by atoms with Crippen LogP contribution < -0.4 is 19.7 Å². The van der Waals surface area contributed by atoms with Gasteiger partial charge in [-0.15, -0.1) is 0 Å². The Bertz CT molecular complexity index is 793. The minimum absolute atomic E-state index is 0.744. The lowest BCUT2D eigenvalue weighted by Crippen LogP contribution is -2.52. The molecule has 150 valence electrons. The Morgan fingerprint density at radius 2 is 1.68 bits per heavy atom. The standard InChI is InChI=1S/C21H26ClN3O2S/c1-26-19-8-3-16(15-20(19)27-2)9-10-23-21(28)25-13-11-24(12-14-25)18-6-4-17(22)5-7-18/h3-8,15H,9-14H2,1-2H3,(H,23,28). The summed E-state index contributed by atoms with van der Waals surface area (Å²) in [7, 11) is 3.29. The Morgan fingerprint density at radius 1 is 1.00 bits per heavy atom. The molecule has 3 rings (SSSR count). The van der Waals surface area contributed by atoms with Gasteiger partial charge in [0.2, 0.25) is 0 Å². The van der Waals surface area contributed by atoms with Crippen LogP contribution in [0.25, 0.3) is 0 Å². The number of methoxy groups -OCH3 is 2. The molecule has 1 N–H and O–H groups in total. The molecule has 28 heavy (non-hydrogen) atoms. The van der Waals surface area contributed by atoms with Crippen molar-refractivity contribution in [2.45, 2.75) is 6.42 Å². The van der Waals surface area contributed by atoms with Gasteiger partial charge in [0.05, 0.1) is 14.2 Å². The van der Waals surface area contributed by atoms with Gasteiger partial charge in [0.15, 0.2) is 16.6 Å². The highest BCUT2D eigenvalue weighted by Gasteiger charge is 2.19. The van der Waals surface area contributed by atoms with E-state index in [4.69, 9.17) is 33.3 Å². The summed E-state index contributed by atoms with van der Waals surface area (Å²) < 4.78 is 10.6. The molecule has 1 aliphatic heterocycles. The van der Waals surface area contributed by atoms with Crippen LogP contribution in [0.15, 0.2) is 42.5 Å². The van der Waals surface area contributed by atoms with E-state index in [1.807, 2.05) is 24.3 Å². The highest BCUT2D eigenvalue weighted by Crippen LogP contribution is 2.27. The van der Waals surface area contributed by atoms with Gasteiger partial charge in [0, 0.05) is 43.4 Å². The predicted molar refractivity (Wildman–Crippen MR) is 119 cm³/mol. The van der Waals surface area contributed by atoms with E-state index in [0.29, 0.717) is 0 Å². The summed E-state index contributed by atoms with van der Waals surface area (Å²) in [6, 6.07) is 14.0. The highest BCUT2D eigenvalue weighted by molar-refractivity contribution is 7.80. The molecule has 5 nitrogen and oxygen atoms in total. The second-order valence-corrected chi connectivity index (χ2v) is 7.44.